The molecule has 84 valence electrons. The Morgan fingerprint density at radius 1 is 1.47 bits per heavy atom. The quantitative estimate of drug-likeness (QED) is 0.833. The minimum Gasteiger partial charge on any atom is -0.394 e. The van der Waals surface area contributed by atoms with Gasteiger partial charge in [-0.05, 0) is 13.8 Å². The summed E-state index contributed by atoms with van der Waals surface area (Å²) in [5.74, 6) is -1.43. The number of aliphatic hydroxyl groups is 1. The number of likely N-dealkylation sites (N-methyl/N-ethyl adjacent to an activating group) is 1. The second-order valence-corrected chi connectivity index (χ2v) is 3.99. The van der Waals surface area contributed by atoms with E-state index < -0.39 is 17.2 Å². The summed E-state index contributed by atoms with van der Waals surface area (Å²) in [6.07, 6.45) is 0.947. The zero-order chi connectivity index (χ0) is 11.6. The molecule has 0 atom stereocenters. The van der Waals surface area contributed by atoms with Crippen LogP contribution in [-0.2, 0) is 0 Å². The summed E-state index contributed by atoms with van der Waals surface area (Å²) < 4.78 is 26.0. The van der Waals surface area contributed by atoms with E-state index in [-0.39, 0.29) is 12.4 Å². The molecule has 1 aromatic heterocycles. The number of hydrogen-bond donors (Lipinski definition) is 1. The first kappa shape index (κ1) is 11.8. The lowest BCUT2D eigenvalue weighted by Gasteiger charge is -2.34. The average molecular weight is 216 g/mol. The molecule has 0 radical (unpaired) electrons. The van der Waals surface area contributed by atoms with Crippen LogP contribution in [-0.4, -0.2) is 29.3 Å². The molecule has 1 rings (SSSR count). The smallest absolute Gasteiger partial charge is 0.168 e. The van der Waals surface area contributed by atoms with Gasteiger partial charge in [0.05, 0.1) is 18.3 Å². The van der Waals surface area contributed by atoms with E-state index in [2.05, 4.69) is 4.98 Å². The summed E-state index contributed by atoms with van der Waals surface area (Å²) in [6.45, 7) is 3.32. The molecule has 0 aliphatic carbocycles. The Bertz CT molecular complexity index is 355. The first-order valence-corrected chi connectivity index (χ1v) is 4.54. The Morgan fingerprint density at radius 2 is 2.07 bits per heavy atom. The summed E-state index contributed by atoms with van der Waals surface area (Å²) in [4.78, 5) is 5.13. The van der Waals surface area contributed by atoms with Crippen molar-refractivity contribution in [3.05, 3.63) is 23.9 Å². The standard InChI is InChI=1S/C10H14F2N2O/c1-10(2,6-15)14(3)9-8(12)4-7(11)5-13-9/h4-5,15H,6H2,1-3H3. The zero-order valence-electron chi connectivity index (χ0n) is 8.96. The first-order chi connectivity index (χ1) is 6.88. The molecule has 0 saturated heterocycles. The molecular formula is C10H14F2N2O. The average Bonchev–Trinajstić information content (AvgIpc) is 2.17. The van der Waals surface area contributed by atoms with E-state index in [1.54, 1.807) is 20.9 Å². The van der Waals surface area contributed by atoms with Crippen molar-refractivity contribution in [1.82, 2.24) is 4.98 Å². The normalized spacial score (nSPS) is 11.6. The molecule has 0 fully saturated rings. The van der Waals surface area contributed by atoms with E-state index in [1.807, 2.05) is 0 Å². The maximum absolute atomic E-state index is 13.3. The molecule has 0 spiro atoms. The van der Waals surface area contributed by atoms with Crippen LogP contribution in [0.4, 0.5) is 14.6 Å². The van der Waals surface area contributed by atoms with E-state index >= 15 is 0 Å². The van der Waals surface area contributed by atoms with Gasteiger partial charge in [0, 0.05) is 13.1 Å². The number of pyridine rings is 1. The molecular weight excluding hydrogens is 202 g/mol. The van der Waals surface area contributed by atoms with Gasteiger partial charge in [-0.3, -0.25) is 0 Å². The number of rotatable bonds is 3. The SMILES string of the molecule is CN(c1ncc(F)cc1F)C(C)(C)CO. The predicted octanol–water partition coefficient (Wildman–Crippen LogP) is 1.57. The highest BCUT2D eigenvalue weighted by Crippen LogP contribution is 2.22. The molecule has 0 unspecified atom stereocenters. The Balaban J connectivity index is 3.06. The molecule has 3 nitrogen and oxygen atoms in total. The fourth-order valence-corrected chi connectivity index (χ4v) is 1.05. The molecule has 1 aromatic rings. The van der Waals surface area contributed by atoms with E-state index in [4.69, 9.17) is 5.11 Å². The molecule has 0 saturated carbocycles. The largest absolute Gasteiger partial charge is 0.394 e. The lowest BCUT2D eigenvalue weighted by molar-refractivity contribution is 0.215. The third-order valence-corrected chi connectivity index (χ3v) is 2.40. The Hall–Kier alpha value is -1.23. The topological polar surface area (TPSA) is 36.4 Å². The molecule has 1 heterocycles. The number of aromatic nitrogens is 1. The van der Waals surface area contributed by atoms with Crippen molar-refractivity contribution in [2.75, 3.05) is 18.6 Å². The number of nitrogens with zero attached hydrogens (tertiary/aromatic N) is 2. The number of halogens is 2. The van der Waals surface area contributed by atoms with Gasteiger partial charge in [0.2, 0.25) is 0 Å². The van der Waals surface area contributed by atoms with E-state index in [0.29, 0.717) is 0 Å². The highest BCUT2D eigenvalue weighted by molar-refractivity contribution is 5.41. The van der Waals surface area contributed by atoms with Gasteiger partial charge < -0.3 is 10.0 Å². The van der Waals surface area contributed by atoms with Crippen molar-refractivity contribution in [1.29, 1.82) is 0 Å². The third-order valence-electron chi connectivity index (χ3n) is 2.40. The highest BCUT2D eigenvalue weighted by Gasteiger charge is 2.25. The summed E-state index contributed by atoms with van der Waals surface area (Å²) >= 11 is 0. The fraction of sp³-hybridized carbons (Fsp3) is 0.500. The Labute approximate surface area is 87.4 Å². The van der Waals surface area contributed by atoms with Crippen molar-refractivity contribution >= 4 is 5.82 Å². The molecule has 0 amide bonds. The number of aliphatic hydroxyl groups excluding tert-OH is 1. The van der Waals surface area contributed by atoms with Gasteiger partial charge in [-0.15, -0.1) is 0 Å². The molecule has 15 heavy (non-hydrogen) atoms. The maximum atomic E-state index is 13.3. The summed E-state index contributed by atoms with van der Waals surface area (Å²) in [5, 5.41) is 9.11. The minimum atomic E-state index is -0.737. The van der Waals surface area contributed by atoms with Gasteiger partial charge in [-0.1, -0.05) is 0 Å². The van der Waals surface area contributed by atoms with Gasteiger partial charge in [-0.25, -0.2) is 13.8 Å². The molecule has 1 N–H and O–H groups in total. The van der Waals surface area contributed by atoms with Crippen molar-refractivity contribution in [3.63, 3.8) is 0 Å². The third kappa shape index (κ3) is 2.41. The van der Waals surface area contributed by atoms with Crippen LogP contribution < -0.4 is 4.90 Å². The molecule has 0 aromatic carbocycles. The van der Waals surface area contributed by atoms with Crippen molar-refractivity contribution < 1.29 is 13.9 Å². The van der Waals surface area contributed by atoms with Crippen LogP contribution >= 0.6 is 0 Å². The van der Waals surface area contributed by atoms with Gasteiger partial charge in [0.25, 0.3) is 0 Å². The lowest BCUT2D eigenvalue weighted by atomic mass is 10.1. The summed E-state index contributed by atoms with van der Waals surface area (Å²) in [7, 11) is 1.60. The Kier molecular flexibility index (Phi) is 3.24. The molecule has 0 aliphatic rings. The number of anilines is 1. The van der Waals surface area contributed by atoms with Crippen LogP contribution in [0.3, 0.4) is 0 Å². The predicted molar refractivity (Wildman–Crippen MR) is 53.7 cm³/mol. The van der Waals surface area contributed by atoms with Crippen LogP contribution in [0.1, 0.15) is 13.8 Å². The summed E-state index contributed by atoms with van der Waals surface area (Å²) in [6, 6.07) is 0.770. The second-order valence-electron chi connectivity index (χ2n) is 3.99. The monoisotopic (exact) mass is 216 g/mol. The van der Waals surface area contributed by atoms with Gasteiger partial charge in [-0.2, -0.15) is 0 Å². The minimum absolute atomic E-state index is 0.0236. The van der Waals surface area contributed by atoms with Gasteiger partial charge in [0.1, 0.15) is 5.82 Å². The van der Waals surface area contributed by atoms with E-state index in [9.17, 15) is 8.78 Å². The van der Waals surface area contributed by atoms with Crippen LogP contribution in [0.25, 0.3) is 0 Å². The first-order valence-electron chi connectivity index (χ1n) is 4.54. The highest BCUT2D eigenvalue weighted by atomic mass is 19.1. The molecule has 5 heteroatoms. The van der Waals surface area contributed by atoms with E-state index in [0.717, 1.165) is 12.3 Å². The Morgan fingerprint density at radius 3 is 2.53 bits per heavy atom. The lowest BCUT2D eigenvalue weighted by Crippen LogP contribution is -2.45. The van der Waals surface area contributed by atoms with Crippen molar-refractivity contribution in [3.8, 4) is 0 Å². The molecule has 0 aliphatic heterocycles. The fourth-order valence-electron chi connectivity index (χ4n) is 1.05. The van der Waals surface area contributed by atoms with Crippen LogP contribution in [0.5, 0.6) is 0 Å². The second kappa shape index (κ2) is 4.10. The van der Waals surface area contributed by atoms with Crippen LogP contribution in [0, 0.1) is 11.6 Å². The van der Waals surface area contributed by atoms with Crippen LogP contribution in [0.2, 0.25) is 0 Å². The maximum Gasteiger partial charge on any atom is 0.168 e. The van der Waals surface area contributed by atoms with Crippen molar-refractivity contribution in [2.45, 2.75) is 19.4 Å². The van der Waals surface area contributed by atoms with Gasteiger partial charge >= 0.3 is 0 Å². The summed E-state index contributed by atoms with van der Waals surface area (Å²) in [5.41, 5.74) is -0.647. The number of hydrogen-bond acceptors (Lipinski definition) is 3. The molecule has 0 bridgehead atoms. The van der Waals surface area contributed by atoms with Crippen LogP contribution in [0.15, 0.2) is 12.3 Å². The van der Waals surface area contributed by atoms with E-state index in [1.165, 1.54) is 4.90 Å². The zero-order valence-corrected chi connectivity index (χ0v) is 8.96. The van der Waals surface area contributed by atoms with Gasteiger partial charge in [0.15, 0.2) is 11.6 Å². The van der Waals surface area contributed by atoms with Crippen molar-refractivity contribution in [2.24, 2.45) is 0 Å².